The predicted molar refractivity (Wildman–Crippen MR) is 102 cm³/mol. The number of carbonyl (C=O) groups excluding carboxylic acids is 1. The molecule has 0 saturated heterocycles. The second kappa shape index (κ2) is 8.40. The van der Waals surface area contributed by atoms with Crippen LogP contribution in [-0.4, -0.2) is 30.7 Å². The minimum absolute atomic E-state index is 0.234. The van der Waals surface area contributed by atoms with Crippen LogP contribution in [0.2, 0.25) is 0 Å². The molecule has 0 unspecified atom stereocenters. The number of benzene rings is 1. The maximum absolute atomic E-state index is 12.7. The number of ether oxygens (including phenoxy) is 3. The van der Waals surface area contributed by atoms with Crippen molar-refractivity contribution in [3.8, 4) is 17.2 Å². The van der Waals surface area contributed by atoms with E-state index in [9.17, 15) is 4.79 Å². The summed E-state index contributed by atoms with van der Waals surface area (Å²) >= 11 is 1.55. The summed E-state index contributed by atoms with van der Waals surface area (Å²) in [5.74, 6) is 1.31. The number of anilines is 1. The molecule has 1 heterocycles. The summed E-state index contributed by atoms with van der Waals surface area (Å²) in [6.45, 7) is 7.09. The highest BCUT2D eigenvalue weighted by Gasteiger charge is 2.21. The summed E-state index contributed by atoms with van der Waals surface area (Å²) in [6, 6.07) is 3.38. The smallest absolute Gasteiger partial charge is 0.257 e. The number of carbonyl (C=O) groups is 1. The first-order chi connectivity index (χ1) is 12.7. The van der Waals surface area contributed by atoms with E-state index < -0.39 is 0 Å². The predicted octanol–water partition coefficient (Wildman–Crippen LogP) is 4.08. The van der Waals surface area contributed by atoms with Gasteiger partial charge in [-0.1, -0.05) is 0 Å². The monoisotopic (exact) mass is 376 g/mol. The quantitative estimate of drug-likeness (QED) is 0.752. The van der Waals surface area contributed by atoms with Crippen molar-refractivity contribution in [2.75, 3.05) is 25.1 Å². The third kappa shape index (κ3) is 3.93. The van der Waals surface area contributed by atoms with Crippen molar-refractivity contribution >= 4 is 22.4 Å². The molecule has 1 aliphatic rings. The first kappa shape index (κ1) is 18.5. The Morgan fingerprint density at radius 3 is 2.31 bits per heavy atom. The normalized spacial score (nSPS) is 12.6. The second-order valence-electron chi connectivity index (χ2n) is 5.80. The van der Waals surface area contributed by atoms with Crippen molar-refractivity contribution in [1.29, 1.82) is 0 Å². The van der Waals surface area contributed by atoms with E-state index in [1.54, 1.807) is 23.5 Å². The molecule has 7 heteroatoms. The number of rotatable bonds is 8. The van der Waals surface area contributed by atoms with Gasteiger partial charge < -0.3 is 14.2 Å². The maximum Gasteiger partial charge on any atom is 0.257 e. The molecular formula is C19H24N2O4S. The first-order valence-corrected chi connectivity index (χ1v) is 9.84. The van der Waals surface area contributed by atoms with E-state index in [1.807, 2.05) is 20.8 Å². The van der Waals surface area contributed by atoms with Gasteiger partial charge in [0.05, 0.1) is 25.5 Å². The lowest BCUT2D eigenvalue weighted by molar-refractivity contribution is 0.102. The van der Waals surface area contributed by atoms with Crippen molar-refractivity contribution in [3.05, 3.63) is 28.3 Å². The molecule has 0 spiro atoms. The average Bonchev–Trinajstić information content (AvgIpc) is 3.19. The fourth-order valence-corrected chi connectivity index (χ4v) is 3.98. The second-order valence-corrected chi connectivity index (χ2v) is 6.88. The van der Waals surface area contributed by atoms with Crippen LogP contribution in [0.1, 0.15) is 48.1 Å². The van der Waals surface area contributed by atoms with E-state index in [0.717, 1.165) is 25.0 Å². The lowest BCUT2D eigenvalue weighted by atomic mass is 10.1. The minimum Gasteiger partial charge on any atom is -0.490 e. The highest BCUT2D eigenvalue weighted by molar-refractivity contribution is 7.16. The molecule has 2 aromatic rings. The van der Waals surface area contributed by atoms with Crippen molar-refractivity contribution in [2.24, 2.45) is 0 Å². The molecule has 0 fully saturated rings. The van der Waals surface area contributed by atoms with Gasteiger partial charge >= 0.3 is 0 Å². The molecule has 0 bridgehead atoms. The van der Waals surface area contributed by atoms with Crippen LogP contribution < -0.4 is 19.5 Å². The van der Waals surface area contributed by atoms with Gasteiger partial charge in [-0.2, -0.15) is 0 Å². The molecular weight excluding hydrogens is 352 g/mol. The summed E-state index contributed by atoms with van der Waals surface area (Å²) in [4.78, 5) is 18.5. The fraction of sp³-hybridized carbons (Fsp3) is 0.474. The summed E-state index contributed by atoms with van der Waals surface area (Å²) in [5, 5.41) is 3.54. The van der Waals surface area contributed by atoms with Crippen LogP contribution in [0.3, 0.4) is 0 Å². The Morgan fingerprint density at radius 1 is 1.08 bits per heavy atom. The van der Waals surface area contributed by atoms with Crippen LogP contribution >= 0.6 is 11.3 Å². The lowest BCUT2D eigenvalue weighted by Crippen LogP contribution is -2.13. The molecule has 26 heavy (non-hydrogen) atoms. The van der Waals surface area contributed by atoms with Gasteiger partial charge in [0.15, 0.2) is 16.6 Å². The van der Waals surface area contributed by atoms with Crippen LogP contribution in [-0.2, 0) is 12.8 Å². The summed E-state index contributed by atoms with van der Waals surface area (Å²) in [6.07, 6.45) is 3.19. The van der Waals surface area contributed by atoms with Crippen molar-refractivity contribution in [1.82, 2.24) is 4.98 Å². The molecule has 1 N–H and O–H groups in total. The highest BCUT2D eigenvalue weighted by Crippen LogP contribution is 2.39. The largest absolute Gasteiger partial charge is 0.490 e. The molecule has 1 aromatic carbocycles. The van der Waals surface area contributed by atoms with Gasteiger partial charge in [-0.05, 0) is 52.2 Å². The number of fused-ring (bicyclic) bond motifs is 1. The Kier molecular flexibility index (Phi) is 5.98. The number of thiazole rings is 1. The van der Waals surface area contributed by atoms with E-state index in [2.05, 4.69) is 10.3 Å². The highest BCUT2D eigenvalue weighted by atomic mass is 32.1. The zero-order valence-corrected chi connectivity index (χ0v) is 16.2. The Bertz CT molecular complexity index is 739. The summed E-state index contributed by atoms with van der Waals surface area (Å²) < 4.78 is 17.0. The third-order valence-electron chi connectivity index (χ3n) is 3.99. The summed E-state index contributed by atoms with van der Waals surface area (Å²) in [5.41, 5.74) is 1.57. The van der Waals surface area contributed by atoms with Gasteiger partial charge in [-0.25, -0.2) is 4.98 Å². The van der Waals surface area contributed by atoms with Crippen LogP contribution in [0, 0.1) is 0 Å². The number of nitrogens with zero attached hydrogens (tertiary/aromatic N) is 1. The standard InChI is InChI=1S/C19H24N2O4S/c1-4-23-14-10-12(11-15(24-5-2)17(14)25-6-3)18(22)21-19-20-13-8-7-9-16(13)26-19/h10-11H,4-9H2,1-3H3,(H,20,21,22). The fourth-order valence-electron chi connectivity index (χ4n) is 2.93. The van der Waals surface area contributed by atoms with Crippen LogP contribution in [0.5, 0.6) is 17.2 Å². The summed E-state index contributed by atoms with van der Waals surface area (Å²) in [7, 11) is 0. The number of hydrogen-bond acceptors (Lipinski definition) is 6. The maximum atomic E-state index is 12.7. The van der Waals surface area contributed by atoms with Gasteiger partial charge in [0, 0.05) is 10.4 Å². The Balaban J connectivity index is 1.87. The van der Waals surface area contributed by atoms with Gasteiger partial charge in [0.1, 0.15) is 0 Å². The zero-order valence-electron chi connectivity index (χ0n) is 15.4. The molecule has 1 aromatic heterocycles. The first-order valence-electron chi connectivity index (χ1n) is 9.02. The molecule has 0 aliphatic heterocycles. The van der Waals surface area contributed by atoms with Gasteiger partial charge in [-0.3, -0.25) is 10.1 Å². The van der Waals surface area contributed by atoms with Crippen LogP contribution in [0.4, 0.5) is 5.13 Å². The number of aryl methyl sites for hydroxylation is 2. The third-order valence-corrected chi connectivity index (χ3v) is 5.06. The SMILES string of the molecule is CCOc1cc(C(=O)Nc2nc3c(s2)CCC3)cc(OCC)c1OCC. The molecule has 1 aliphatic carbocycles. The lowest BCUT2D eigenvalue weighted by Gasteiger charge is -2.16. The van der Waals surface area contributed by atoms with Gasteiger partial charge in [0.25, 0.3) is 5.91 Å². The number of hydrogen-bond donors (Lipinski definition) is 1. The molecule has 0 saturated carbocycles. The Hall–Kier alpha value is -2.28. The van der Waals surface area contributed by atoms with Crippen molar-refractivity contribution in [2.45, 2.75) is 40.0 Å². The zero-order chi connectivity index (χ0) is 18.5. The van der Waals surface area contributed by atoms with E-state index in [0.29, 0.717) is 47.8 Å². The van der Waals surface area contributed by atoms with E-state index in [1.165, 1.54) is 4.88 Å². The molecule has 6 nitrogen and oxygen atoms in total. The average molecular weight is 376 g/mol. The number of amides is 1. The molecule has 3 rings (SSSR count). The number of aromatic nitrogens is 1. The van der Waals surface area contributed by atoms with E-state index in [4.69, 9.17) is 14.2 Å². The molecule has 0 atom stereocenters. The van der Waals surface area contributed by atoms with Gasteiger partial charge in [-0.15, -0.1) is 11.3 Å². The topological polar surface area (TPSA) is 69.7 Å². The van der Waals surface area contributed by atoms with Crippen LogP contribution in [0.15, 0.2) is 12.1 Å². The van der Waals surface area contributed by atoms with Gasteiger partial charge in [0.2, 0.25) is 5.75 Å². The Labute approximate surface area is 157 Å². The molecule has 1 amide bonds. The van der Waals surface area contributed by atoms with E-state index in [-0.39, 0.29) is 5.91 Å². The molecule has 140 valence electrons. The van der Waals surface area contributed by atoms with E-state index >= 15 is 0 Å². The Morgan fingerprint density at radius 2 is 1.73 bits per heavy atom. The number of nitrogens with one attached hydrogen (secondary N) is 1. The molecule has 0 radical (unpaired) electrons. The van der Waals surface area contributed by atoms with Crippen molar-refractivity contribution < 1.29 is 19.0 Å². The minimum atomic E-state index is -0.234. The van der Waals surface area contributed by atoms with Crippen LogP contribution in [0.25, 0.3) is 0 Å². The van der Waals surface area contributed by atoms with Crippen molar-refractivity contribution in [3.63, 3.8) is 0 Å².